The summed E-state index contributed by atoms with van der Waals surface area (Å²) < 4.78 is 39.5. The average molecular weight is 682 g/mol. The minimum absolute atomic E-state index is 0.0806. The number of alkyl halides is 1. The molecule has 2 aromatic heterocycles. The quantitative estimate of drug-likeness (QED) is 0.153. The number of anilines is 2. The van der Waals surface area contributed by atoms with Crippen LogP contribution in [0.3, 0.4) is 0 Å². The minimum atomic E-state index is -0.981. The third-order valence-electron chi connectivity index (χ3n) is 8.27. The van der Waals surface area contributed by atoms with Gasteiger partial charge >= 0.3 is 5.97 Å². The molecule has 0 unspecified atom stereocenters. The van der Waals surface area contributed by atoms with Crippen molar-refractivity contribution in [2.45, 2.75) is 51.3 Å². The fourth-order valence-corrected chi connectivity index (χ4v) is 5.73. The molecule has 0 radical (unpaired) electrons. The highest BCUT2D eigenvalue weighted by molar-refractivity contribution is 5.96. The zero-order valence-electron chi connectivity index (χ0n) is 28.2. The third kappa shape index (κ3) is 7.96. The van der Waals surface area contributed by atoms with Crippen molar-refractivity contribution in [2.75, 3.05) is 25.5 Å². The monoisotopic (exact) mass is 681 g/mol. The molecule has 3 aromatic carbocycles. The highest BCUT2D eigenvalue weighted by atomic mass is 19.1. The summed E-state index contributed by atoms with van der Waals surface area (Å²) in [6.45, 7) is 5.48. The summed E-state index contributed by atoms with van der Waals surface area (Å²) in [4.78, 5) is 44.8. The molecule has 1 aliphatic heterocycles. The number of carbonyl (C=O) groups is 3. The van der Waals surface area contributed by atoms with Gasteiger partial charge in [-0.05, 0) is 79.9 Å². The van der Waals surface area contributed by atoms with Crippen molar-refractivity contribution in [3.8, 4) is 16.9 Å². The Kier molecular flexibility index (Phi) is 9.63. The van der Waals surface area contributed by atoms with Crippen LogP contribution in [0.1, 0.15) is 54.6 Å². The van der Waals surface area contributed by atoms with E-state index >= 15 is 0 Å². The number of carbonyl (C=O) groups excluding carboxylic acids is 3. The number of pyridine rings is 1. The molecule has 10 nitrogen and oxygen atoms in total. The number of aromatic nitrogens is 3. The van der Waals surface area contributed by atoms with Gasteiger partial charge in [-0.25, -0.2) is 13.3 Å². The molecule has 1 N–H and O–H groups in total. The first-order chi connectivity index (χ1) is 23.8. The van der Waals surface area contributed by atoms with Gasteiger partial charge in [-0.2, -0.15) is 4.98 Å². The van der Waals surface area contributed by atoms with Crippen molar-refractivity contribution in [2.24, 2.45) is 0 Å². The molecule has 50 heavy (non-hydrogen) atoms. The normalized spacial score (nSPS) is 13.8. The summed E-state index contributed by atoms with van der Waals surface area (Å²) in [5, 5.41) is 7.70. The van der Waals surface area contributed by atoms with E-state index in [2.05, 4.69) is 15.4 Å². The molecule has 1 aliphatic rings. The van der Waals surface area contributed by atoms with E-state index < -0.39 is 29.5 Å². The van der Waals surface area contributed by atoms with Crippen LogP contribution < -0.4 is 10.1 Å². The lowest BCUT2D eigenvalue weighted by atomic mass is 9.88. The molecule has 1 amide bonds. The van der Waals surface area contributed by atoms with Crippen LogP contribution in [0.5, 0.6) is 5.75 Å². The number of ether oxygens (including phenoxy) is 2. The molecule has 12 heteroatoms. The maximum atomic E-state index is 13.6. The summed E-state index contributed by atoms with van der Waals surface area (Å²) in [7, 11) is 1.49. The first kappa shape index (κ1) is 34.2. The van der Waals surface area contributed by atoms with Gasteiger partial charge in [0, 0.05) is 23.7 Å². The van der Waals surface area contributed by atoms with Gasteiger partial charge in [0.1, 0.15) is 29.1 Å². The van der Waals surface area contributed by atoms with Crippen LogP contribution in [0.4, 0.5) is 20.4 Å². The number of amides is 1. The lowest BCUT2D eigenvalue weighted by molar-refractivity contribution is -0.156. The Morgan fingerprint density at radius 1 is 0.960 bits per heavy atom. The van der Waals surface area contributed by atoms with Crippen LogP contribution in [-0.4, -0.2) is 69.1 Å². The second-order valence-corrected chi connectivity index (χ2v) is 13.2. The van der Waals surface area contributed by atoms with Gasteiger partial charge in [-0.3, -0.25) is 14.4 Å². The number of fused-ring (bicyclic) bond motifs is 1. The maximum Gasteiger partial charge on any atom is 0.307 e. The molecular formula is C38H37F2N5O5. The number of halogens is 2. The van der Waals surface area contributed by atoms with Crippen LogP contribution in [0.2, 0.25) is 0 Å². The van der Waals surface area contributed by atoms with E-state index in [9.17, 15) is 23.2 Å². The molecule has 1 fully saturated rings. The standard InChI is InChI=1S/C38H37F2N5O5/c1-38(2,3)50-35(47)19-30(25-9-13-28(39)14-10-25)32(46)17-23-5-7-24(8-6-23)27-12-16-34-42-37(43-45(34)20-27)41-31-15-11-26(18-33(31)49-4)36(48)44-21-29(40)22-44/h5-16,18,20,29-30H,17,19,21-22H2,1-4H3,(H,41,43)/t30-/m1/s1. The fraction of sp³-hybridized carbons (Fsp3) is 0.289. The highest BCUT2D eigenvalue weighted by Crippen LogP contribution is 2.30. The van der Waals surface area contributed by atoms with Crippen molar-refractivity contribution in [1.29, 1.82) is 0 Å². The van der Waals surface area contributed by atoms with Crippen molar-refractivity contribution < 1.29 is 32.6 Å². The Hall–Kier alpha value is -5.65. The molecule has 1 saturated heterocycles. The highest BCUT2D eigenvalue weighted by Gasteiger charge is 2.31. The second-order valence-electron chi connectivity index (χ2n) is 13.2. The van der Waals surface area contributed by atoms with E-state index in [0.29, 0.717) is 34.2 Å². The molecule has 5 aromatic rings. The number of nitrogens with one attached hydrogen (secondary N) is 1. The molecule has 3 heterocycles. The van der Waals surface area contributed by atoms with Gasteiger partial charge in [0.2, 0.25) is 5.95 Å². The molecule has 0 bridgehead atoms. The Bertz CT molecular complexity index is 2030. The van der Waals surface area contributed by atoms with Crippen LogP contribution in [-0.2, 0) is 20.7 Å². The number of esters is 1. The lowest BCUT2D eigenvalue weighted by Gasteiger charge is -2.34. The van der Waals surface area contributed by atoms with E-state index in [0.717, 1.165) is 16.7 Å². The third-order valence-corrected chi connectivity index (χ3v) is 8.27. The molecule has 258 valence electrons. The Morgan fingerprint density at radius 2 is 1.66 bits per heavy atom. The molecular weight excluding hydrogens is 644 g/mol. The number of nitrogens with zero attached hydrogens (tertiary/aromatic N) is 4. The van der Waals surface area contributed by atoms with Gasteiger partial charge in [0.25, 0.3) is 5.91 Å². The SMILES string of the molecule is COc1cc(C(=O)N2CC(F)C2)ccc1Nc1nc2ccc(-c3ccc(CC(=O)[C@H](CC(=O)OC(C)(C)C)c4ccc(F)cc4)cc3)cn2n1. The maximum absolute atomic E-state index is 13.6. The van der Waals surface area contributed by atoms with E-state index in [1.165, 1.54) is 36.3 Å². The van der Waals surface area contributed by atoms with Gasteiger partial charge in [-0.1, -0.05) is 36.4 Å². The smallest absolute Gasteiger partial charge is 0.307 e. The topological polar surface area (TPSA) is 115 Å². The number of methoxy groups -OCH3 is 1. The van der Waals surface area contributed by atoms with Gasteiger partial charge < -0.3 is 19.7 Å². The van der Waals surface area contributed by atoms with E-state index in [4.69, 9.17) is 9.47 Å². The summed E-state index contributed by atoms with van der Waals surface area (Å²) in [6, 6.07) is 21.8. The van der Waals surface area contributed by atoms with Crippen molar-refractivity contribution in [3.63, 3.8) is 0 Å². The summed E-state index contributed by atoms with van der Waals surface area (Å²) in [5.74, 6) is -1.40. The van der Waals surface area contributed by atoms with Crippen LogP contribution in [0.25, 0.3) is 16.8 Å². The fourth-order valence-electron chi connectivity index (χ4n) is 5.73. The van der Waals surface area contributed by atoms with Crippen LogP contribution in [0.15, 0.2) is 85.1 Å². The lowest BCUT2D eigenvalue weighted by Crippen LogP contribution is -2.51. The number of Topliss-reactive ketones (excluding diaryl/α,β-unsaturated/α-hetero) is 1. The van der Waals surface area contributed by atoms with E-state index in [1.54, 1.807) is 43.5 Å². The molecule has 0 saturated carbocycles. The van der Waals surface area contributed by atoms with Crippen molar-refractivity contribution >= 4 is 34.9 Å². The zero-order chi connectivity index (χ0) is 35.6. The molecule has 1 atom stereocenters. The van der Waals surface area contributed by atoms with Crippen LogP contribution in [0, 0.1) is 5.82 Å². The Morgan fingerprint density at radius 3 is 2.32 bits per heavy atom. The number of rotatable bonds is 11. The number of hydrogen-bond acceptors (Lipinski definition) is 8. The number of hydrogen-bond donors (Lipinski definition) is 1. The Labute approximate surface area is 288 Å². The van der Waals surface area contributed by atoms with Crippen molar-refractivity contribution in [3.05, 3.63) is 108 Å². The average Bonchev–Trinajstić information content (AvgIpc) is 3.47. The summed E-state index contributed by atoms with van der Waals surface area (Å²) >= 11 is 0. The first-order valence-corrected chi connectivity index (χ1v) is 16.2. The number of ketones is 1. The first-order valence-electron chi connectivity index (χ1n) is 16.2. The summed E-state index contributed by atoms with van der Waals surface area (Å²) in [5.41, 5.74) is 3.93. The second kappa shape index (κ2) is 14.1. The van der Waals surface area contributed by atoms with Gasteiger partial charge in [-0.15, -0.1) is 5.10 Å². The molecule has 0 spiro atoms. The van der Waals surface area contributed by atoms with E-state index in [1.807, 2.05) is 42.6 Å². The Balaban J connectivity index is 1.14. The predicted molar refractivity (Wildman–Crippen MR) is 184 cm³/mol. The predicted octanol–water partition coefficient (Wildman–Crippen LogP) is 6.71. The van der Waals surface area contributed by atoms with Crippen molar-refractivity contribution in [1.82, 2.24) is 19.5 Å². The van der Waals surface area contributed by atoms with Gasteiger partial charge in [0.05, 0.1) is 38.2 Å². The summed E-state index contributed by atoms with van der Waals surface area (Å²) in [6.07, 6.45) is 0.790. The van der Waals surface area contributed by atoms with E-state index in [-0.39, 0.29) is 37.6 Å². The zero-order valence-corrected chi connectivity index (χ0v) is 28.2. The number of benzene rings is 3. The number of likely N-dealkylation sites (tertiary alicyclic amines) is 1. The molecule has 6 rings (SSSR count). The molecule has 0 aliphatic carbocycles. The largest absolute Gasteiger partial charge is 0.495 e. The van der Waals surface area contributed by atoms with Gasteiger partial charge in [0.15, 0.2) is 5.65 Å². The van der Waals surface area contributed by atoms with Crippen LogP contribution >= 0.6 is 0 Å². The minimum Gasteiger partial charge on any atom is -0.495 e.